The SMILES string of the molecule is CCOc1cc(N)cc(C(=O)OCC(=O)N(CC)CC)c1. The molecule has 116 valence electrons. The molecule has 1 aromatic carbocycles. The number of amides is 1. The van der Waals surface area contributed by atoms with Crippen molar-refractivity contribution in [2.75, 3.05) is 32.0 Å². The highest BCUT2D eigenvalue weighted by molar-refractivity contribution is 5.92. The average Bonchev–Trinajstić information content (AvgIpc) is 2.45. The molecule has 0 aliphatic heterocycles. The van der Waals surface area contributed by atoms with E-state index in [0.29, 0.717) is 31.1 Å². The van der Waals surface area contributed by atoms with Crippen LogP contribution in [0.2, 0.25) is 0 Å². The fourth-order valence-corrected chi connectivity index (χ4v) is 1.87. The maximum atomic E-state index is 12.0. The molecule has 1 amide bonds. The molecule has 0 aromatic heterocycles. The number of anilines is 1. The lowest BCUT2D eigenvalue weighted by molar-refractivity contribution is -0.134. The van der Waals surface area contributed by atoms with E-state index in [4.69, 9.17) is 15.2 Å². The summed E-state index contributed by atoms with van der Waals surface area (Å²) in [5.74, 6) is -0.314. The summed E-state index contributed by atoms with van der Waals surface area (Å²) in [6.07, 6.45) is 0. The zero-order chi connectivity index (χ0) is 15.8. The molecule has 0 fully saturated rings. The maximum absolute atomic E-state index is 12.0. The number of hydrogen-bond donors (Lipinski definition) is 1. The van der Waals surface area contributed by atoms with Crippen molar-refractivity contribution in [3.05, 3.63) is 23.8 Å². The molecular formula is C15H22N2O4. The molecule has 6 nitrogen and oxygen atoms in total. The number of esters is 1. The van der Waals surface area contributed by atoms with Gasteiger partial charge < -0.3 is 20.1 Å². The summed E-state index contributed by atoms with van der Waals surface area (Å²) < 4.78 is 10.3. The molecule has 2 N–H and O–H groups in total. The van der Waals surface area contributed by atoms with Crippen molar-refractivity contribution < 1.29 is 19.1 Å². The first kappa shape index (κ1) is 16.8. The summed E-state index contributed by atoms with van der Waals surface area (Å²) in [5.41, 5.74) is 6.39. The molecule has 21 heavy (non-hydrogen) atoms. The predicted molar refractivity (Wildman–Crippen MR) is 80.2 cm³/mol. The Hall–Kier alpha value is -2.24. The third-order valence-electron chi connectivity index (χ3n) is 2.92. The van der Waals surface area contributed by atoms with E-state index in [0.717, 1.165) is 0 Å². The van der Waals surface area contributed by atoms with Gasteiger partial charge >= 0.3 is 5.97 Å². The fraction of sp³-hybridized carbons (Fsp3) is 0.467. The Morgan fingerprint density at radius 3 is 2.38 bits per heavy atom. The molecule has 0 saturated heterocycles. The first-order valence-electron chi connectivity index (χ1n) is 7.00. The van der Waals surface area contributed by atoms with Crippen LogP contribution in [0.15, 0.2) is 18.2 Å². The number of ether oxygens (including phenoxy) is 2. The second-order valence-electron chi connectivity index (χ2n) is 4.37. The molecule has 0 aliphatic carbocycles. The first-order chi connectivity index (χ1) is 10.0. The minimum Gasteiger partial charge on any atom is -0.494 e. The molecule has 0 bridgehead atoms. The Bertz CT molecular complexity index is 498. The van der Waals surface area contributed by atoms with Crippen LogP contribution in [-0.4, -0.2) is 43.1 Å². The lowest BCUT2D eigenvalue weighted by atomic mass is 10.2. The van der Waals surface area contributed by atoms with Crippen molar-refractivity contribution >= 4 is 17.6 Å². The van der Waals surface area contributed by atoms with Crippen LogP contribution in [0.4, 0.5) is 5.69 Å². The van der Waals surface area contributed by atoms with Crippen molar-refractivity contribution in [3.8, 4) is 5.75 Å². The van der Waals surface area contributed by atoms with Crippen molar-refractivity contribution in [2.24, 2.45) is 0 Å². The zero-order valence-corrected chi connectivity index (χ0v) is 12.7. The van der Waals surface area contributed by atoms with E-state index in [-0.39, 0.29) is 18.1 Å². The standard InChI is InChI=1S/C15H22N2O4/c1-4-17(5-2)14(18)10-21-15(19)11-7-12(16)9-13(8-11)20-6-3/h7-9H,4-6,10,16H2,1-3H3. The van der Waals surface area contributed by atoms with Crippen LogP contribution in [0.1, 0.15) is 31.1 Å². The first-order valence-corrected chi connectivity index (χ1v) is 7.00. The van der Waals surface area contributed by atoms with E-state index in [2.05, 4.69) is 0 Å². The maximum Gasteiger partial charge on any atom is 0.338 e. The molecule has 1 aromatic rings. The average molecular weight is 294 g/mol. The second kappa shape index (κ2) is 8.14. The van der Waals surface area contributed by atoms with E-state index in [1.165, 1.54) is 6.07 Å². The fourth-order valence-electron chi connectivity index (χ4n) is 1.87. The minimum absolute atomic E-state index is 0.220. The number of nitrogens with two attached hydrogens (primary N) is 1. The third kappa shape index (κ3) is 4.98. The van der Waals surface area contributed by atoms with Crippen LogP contribution in [-0.2, 0) is 9.53 Å². The molecule has 1 rings (SSSR count). The Morgan fingerprint density at radius 2 is 1.81 bits per heavy atom. The Kier molecular flexibility index (Phi) is 6.52. The molecule has 0 unspecified atom stereocenters. The zero-order valence-electron chi connectivity index (χ0n) is 12.7. The summed E-state index contributed by atoms with van der Waals surface area (Å²) >= 11 is 0. The summed E-state index contributed by atoms with van der Waals surface area (Å²) in [7, 11) is 0. The van der Waals surface area contributed by atoms with Gasteiger partial charge in [-0.05, 0) is 32.9 Å². The highest BCUT2D eigenvalue weighted by Gasteiger charge is 2.15. The third-order valence-corrected chi connectivity index (χ3v) is 2.92. The highest BCUT2D eigenvalue weighted by Crippen LogP contribution is 2.19. The van der Waals surface area contributed by atoms with E-state index in [1.807, 2.05) is 20.8 Å². The van der Waals surface area contributed by atoms with Crippen LogP contribution in [0.3, 0.4) is 0 Å². The van der Waals surface area contributed by atoms with Gasteiger partial charge in [-0.1, -0.05) is 0 Å². The molecule has 0 saturated carbocycles. The quantitative estimate of drug-likeness (QED) is 0.611. The largest absolute Gasteiger partial charge is 0.494 e. The second-order valence-corrected chi connectivity index (χ2v) is 4.37. The van der Waals surface area contributed by atoms with Gasteiger partial charge in [-0.25, -0.2) is 4.79 Å². The van der Waals surface area contributed by atoms with Crippen molar-refractivity contribution in [1.29, 1.82) is 0 Å². The van der Waals surface area contributed by atoms with Crippen LogP contribution in [0.25, 0.3) is 0 Å². The van der Waals surface area contributed by atoms with Crippen molar-refractivity contribution in [1.82, 2.24) is 4.90 Å². The van der Waals surface area contributed by atoms with Crippen LogP contribution >= 0.6 is 0 Å². The number of likely N-dealkylation sites (N-methyl/N-ethyl adjacent to an activating group) is 1. The lowest BCUT2D eigenvalue weighted by Gasteiger charge is -2.18. The monoisotopic (exact) mass is 294 g/mol. The smallest absolute Gasteiger partial charge is 0.338 e. The van der Waals surface area contributed by atoms with E-state index < -0.39 is 5.97 Å². The van der Waals surface area contributed by atoms with Crippen LogP contribution in [0.5, 0.6) is 5.75 Å². The Labute approximate surface area is 124 Å². The lowest BCUT2D eigenvalue weighted by Crippen LogP contribution is -2.34. The highest BCUT2D eigenvalue weighted by atomic mass is 16.5. The number of nitrogen functional groups attached to an aromatic ring is 1. The molecule has 6 heteroatoms. The number of carbonyl (C=O) groups excluding carboxylic acids is 2. The van der Waals surface area contributed by atoms with Gasteiger partial charge in [0.2, 0.25) is 0 Å². The van der Waals surface area contributed by atoms with Gasteiger partial charge in [0.1, 0.15) is 5.75 Å². The van der Waals surface area contributed by atoms with Crippen LogP contribution in [0, 0.1) is 0 Å². The summed E-state index contributed by atoms with van der Waals surface area (Å²) in [4.78, 5) is 25.3. The van der Waals surface area contributed by atoms with Gasteiger partial charge in [-0.2, -0.15) is 0 Å². The van der Waals surface area contributed by atoms with Gasteiger partial charge in [-0.3, -0.25) is 4.79 Å². The normalized spacial score (nSPS) is 10.0. The minimum atomic E-state index is -0.594. The van der Waals surface area contributed by atoms with Crippen molar-refractivity contribution in [2.45, 2.75) is 20.8 Å². The number of hydrogen-bond acceptors (Lipinski definition) is 5. The van der Waals surface area contributed by atoms with Gasteiger partial charge in [-0.15, -0.1) is 0 Å². The Morgan fingerprint density at radius 1 is 1.14 bits per heavy atom. The molecular weight excluding hydrogens is 272 g/mol. The Balaban J connectivity index is 2.69. The number of carbonyl (C=O) groups is 2. The summed E-state index contributed by atoms with van der Waals surface area (Å²) in [5, 5.41) is 0. The van der Waals surface area contributed by atoms with E-state index >= 15 is 0 Å². The molecule has 0 aliphatic rings. The number of nitrogens with zero attached hydrogens (tertiary/aromatic N) is 1. The summed E-state index contributed by atoms with van der Waals surface area (Å²) in [6, 6.07) is 4.66. The van der Waals surface area contributed by atoms with Gasteiger partial charge in [0.25, 0.3) is 5.91 Å². The van der Waals surface area contributed by atoms with E-state index in [1.54, 1.807) is 17.0 Å². The topological polar surface area (TPSA) is 81.9 Å². The molecule has 0 atom stereocenters. The van der Waals surface area contributed by atoms with Crippen LogP contribution < -0.4 is 10.5 Å². The van der Waals surface area contributed by atoms with Crippen molar-refractivity contribution in [3.63, 3.8) is 0 Å². The molecule has 0 spiro atoms. The molecule has 0 heterocycles. The predicted octanol–water partition coefficient (Wildman–Crippen LogP) is 1.69. The molecule has 0 radical (unpaired) electrons. The van der Waals surface area contributed by atoms with E-state index in [9.17, 15) is 9.59 Å². The number of benzene rings is 1. The summed E-state index contributed by atoms with van der Waals surface area (Å²) in [6.45, 7) is 6.94. The van der Waals surface area contributed by atoms with Gasteiger partial charge in [0, 0.05) is 24.8 Å². The van der Waals surface area contributed by atoms with Gasteiger partial charge in [0.05, 0.1) is 12.2 Å². The van der Waals surface area contributed by atoms with Gasteiger partial charge in [0.15, 0.2) is 6.61 Å². The number of rotatable bonds is 7.